The van der Waals surface area contributed by atoms with Crippen molar-refractivity contribution in [3.63, 3.8) is 0 Å². The quantitative estimate of drug-likeness (QED) is 0.227. The number of rotatable bonds is 8. The van der Waals surface area contributed by atoms with Gasteiger partial charge in [-0.15, -0.1) is 11.3 Å². The summed E-state index contributed by atoms with van der Waals surface area (Å²) in [5.74, 6) is -2.03. The molecule has 4 atom stereocenters. The number of carbonyl (C=O) groups is 4. The van der Waals surface area contributed by atoms with Crippen LogP contribution in [0.25, 0.3) is 33.4 Å². The Hall–Kier alpha value is -4.66. The Morgan fingerprint density at radius 2 is 1.98 bits per heavy atom. The molecule has 14 heteroatoms. The van der Waals surface area contributed by atoms with Crippen molar-refractivity contribution in [2.24, 2.45) is 17.3 Å². The summed E-state index contributed by atoms with van der Waals surface area (Å²) >= 11 is 1.48. The molecular formula is C42H53N7O6S. The van der Waals surface area contributed by atoms with E-state index in [1.807, 2.05) is 25.3 Å². The zero-order chi connectivity index (χ0) is 39.7. The van der Waals surface area contributed by atoms with Crippen molar-refractivity contribution in [3.8, 4) is 22.5 Å². The van der Waals surface area contributed by atoms with Crippen LogP contribution in [0.15, 0.2) is 41.9 Å². The van der Waals surface area contributed by atoms with Gasteiger partial charge in [-0.3, -0.25) is 29.2 Å². The van der Waals surface area contributed by atoms with Crippen LogP contribution in [0.1, 0.15) is 76.3 Å². The molecule has 4 aromatic rings. The Balaban J connectivity index is 1.29. The molecule has 298 valence electrons. The van der Waals surface area contributed by atoms with Crippen LogP contribution >= 0.6 is 11.3 Å². The highest BCUT2D eigenvalue weighted by atomic mass is 32.1. The molecule has 6 bridgehead atoms. The minimum Gasteiger partial charge on any atom is -0.464 e. The fourth-order valence-corrected chi connectivity index (χ4v) is 9.19. The van der Waals surface area contributed by atoms with Gasteiger partial charge in [0.1, 0.15) is 6.04 Å². The molecule has 1 aromatic carbocycles. The standard InChI is InChI=1S/C42H53N7O6S/c1-7-47-22-28(19-36(47)50)39(51)44-21-27-18-35-45-33(23-56-35)26-13-14-34-30(17-26)31(38(48(34)8-2)29-11-9-15-43-37(29)25(3)54-6)20-42(4,5)24-55-41(53)32-12-10-16-49(46-32)40(27)52/h9,11,13-15,17,23,25,27-28,32,46H,7-8,10,12,16,18-22,24H2,1-6H3,(H,44,51)/t25-,27+,28?,32-/m0/s1. The molecule has 0 aliphatic carbocycles. The molecule has 3 amide bonds. The summed E-state index contributed by atoms with van der Waals surface area (Å²) in [6.07, 6.45) is 3.78. The molecule has 3 aliphatic heterocycles. The van der Waals surface area contributed by atoms with E-state index >= 15 is 0 Å². The molecule has 56 heavy (non-hydrogen) atoms. The zero-order valence-corrected chi connectivity index (χ0v) is 34.0. The third-order valence-corrected chi connectivity index (χ3v) is 12.3. The molecule has 3 aromatic heterocycles. The normalized spacial score (nSPS) is 22.2. The number of thiazole rings is 1. The lowest BCUT2D eigenvalue weighted by atomic mass is 9.84. The summed E-state index contributed by atoms with van der Waals surface area (Å²) < 4.78 is 14.2. The van der Waals surface area contributed by atoms with Gasteiger partial charge in [0.15, 0.2) is 0 Å². The first-order valence-electron chi connectivity index (χ1n) is 19.8. The predicted octanol–water partition coefficient (Wildman–Crippen LogP) is 5.32. The van der Waals surface area contributed by atoms with Crippen LogP contribution in [0, 0.1) is 17.3 Å². The van der Waals surface area contributed by atoms with Gasteiger partial charge in [-0.1, -0.05) is 19.9 Å². The van der Waals surface area contributed by atoms with Crippen LogP contribution in [0.4, 0.5) is 0 Å². The average Bonchev–Trinajstić information content (AvgIpc) is 3.92. The van der Waals surface area contributed by atoms with Crippen LogP contribution in [-0.2, 0) is 48.0 Å². The number of aryl methyl sites for hydroxylation is 1. The first kappa shape index (κ1) is 39.6. The van der Waals surface area contributed by atoms with Gasteiger partial charge >= 0.3 is 5.97 Å². The molecular weight excluding hydrogens is 731 g/mol. The molecule has 7 rings (SSSR count). The Kier molecular flexibility index (Phi) is 11.6. The molecule has 3 aliphatic rings. The number of nitrogens with one attached hydrogen (secondary N) is 2. The Morgan fingerprint density at radius 1 is 1.16 bits per heavy atom. The number of benzene rings is 1. The smallest absolute Gasteiger partial charge is 0.324 e. The van der Waals surface area contributed by atoms with E-state index < -0.39 is 29.3 Å². The maximum Gasteiger partial charge on any atom is 0.324 e. The van der Waals surface area contributed by atoms with Crippen LogP contribution in [0.2, 0.25) is 0 Å². The van der Waals surface area contributed by atoms with E-state index in [9.17, 15) is 19.2 Å². The van der Waals surface area contributed by atoms with Crippen LogP contribution in [0.3, 0.4) is 0 Å². The maximum absolute atomic E-state index is 14.2. The number of fused-ring (bicyclic) bond motifs is 6. The van der Waals surface area contributed by atoms with Gasteiger partial charge in [0.2, 0.25) is 17.7 Å². The van der Waals surface area contributed by atoms with Crippen molar-refractivity contribution < 1.29 is 28.7 Å². The minimum absolute atomic E-state index is 0.0376. The molecule has 2 N–H and O–H groups in total. The number of ether oxygens (including phenoxy) is 2. The van der Waals surface area contributed by atoms with E-state index in [4.69, 9.17) is 19.4 Å². The van der Waals surface area contributed by atoms with E-state index in [-0.39, 0.29) is 43.4 Å². The number of hydrazine groups is 1. The summed E-state index contributed by atoms with van der Waals surface area (Å²) in [5, 5.41) is 8.37. The Bertz CT molecular complexity index is 2130. The van der Waals surface area contributed by atoms with Crippen molar-refractivity contribution in [3.05, 3.63) is 58.2 Å². The number of nitrogens with zero attached hydrogens (tertiary/aromatic N) is 5. The van der Waals surface area contributed by atoms with Crippen molar-refractivity contribution in [2.45, 2.75) is 85.4 Å². The summed E-state index contributed by atoms with van der Waals surface area (Å²) in [7, 11) is 1.69. The third kappa shape index (κ3) is 7.96. The predicted molar refractivity (Wildman–Crippen MR) is 214 cm³/mol. The molecule has 6 heterocycles. The maximum atomic E-state index is 14.2. The van der Waals surface area contributed by atoms with E-state index in [1.54, 1.807) is 18.2 Å². The second-order valence-corrected chi connectivity index (χ2v) is 16.9. The van der Waals surface area contributed by atoms with Crippen molar-refractivity contribution in [1.82, 2.24) is 35.2 Å². The van der Waals surface area contributed by atoms with Gasteiger partial charge < -0.3 is 24.3 Å². The molecule has 2 saturated heterocycles. The molecule has 0 spiro atoms. The van der Waals surface area contributed by atoms with Crippen LogP contribution in [0.5, 0.6) is 0 Å². The summed E-state index contributed by atoms with van der Waals surface area (Å²) in [6, 6.07) is 9.82. The summed E-state index contributed by atoms with van der Waals surface area (Å²) in [5.41, 5.74) is 9.59. The first-order valence-corrected chi connectivity index (χ1v) is 20.7. The van der Waals surface area contributed by atoms with E-state index in [2.05, 4.69) is 60.3 Å². The lowest BCUT2D eigenvalue weighted by Gasteiger charge is -2.35. The molecule has 0 saturated carbocycles. The summed E-state index contributed by atoms with van der Waals surface area (Å²) in [6.45, 7) is 12.6. The van der Waals surface area contributed by atoms with E-state index in [0.29, 0.717) is 45.3 Å². The number of hydrogen-bond acceptors (Lipinski definition) is 10. The first-order chi connectivity index (χ1) is 26.9. The van der Waals surface area contributed by atoms with E-state index in [1.165, 1.54) is 16.3 Å². The highest BCUT2D eigenvalue weighted by Crippen LogP contribution is 2.42. The number of cyclic esters (lactones) is 1. The zero-order valence-electron chi connectivity index (χ0n) is 33.2. The largest absolute Gasteiger partial charge is 0.464 e. The number of aromatic nitrogens is 3. The number of likely N-dealkylation sites (tertiary alicyclic amines) is 1. The van der Waals surface area contributed by atoms with Gasteiger partial charge in [-0.05, 0) is 69.9 Å². The number of carbonyl (C=O) groups excluding carboxylic acids is 4. The number of methoxy groups -OCH3 is 1. The van der Waals surface area contributed by atoms with Crippen molar-refractivity contribution in [2.75, 3.05) is 39.9 Å². The molecule has 0 radical (unpaired) electrons. The molecule has 13 nitrogen and oxygen atoms in total. The monoisotopic (exact) mass is 783 g/mol. The Morgan fingerprint density at radius 3 is 2.73 bits per heavy atom. The average molecular weight is 784 g/mol. The fraction of sp³-hybridized carbons (Fsp3) is 0.524. The Labute approximate surface area is 332 Å². The lowest BCUT2D eigenvalue weighted by molar-refractivity contribution is -0.155. The topological polar surface area (TPSA) is 148 Å². The number of esters is 1. The second-order valence-electron chi connectivity index (χ2n) is 16.0. The van der Waals surface area contributed by atoms with Gasteiger partial charge in [-0.25, -0.2) is 10.4 Å². The highest BCUT2D eigenvalue weighted by molar-refractivity contribution is 7.10. The fourth-order valence-electron chi connectivity index (χ4n) is 8.30. The van der Waals surface area contributed by atoms with Gasteiger partial charge in [0.25, 0.3) is 0 Å². The second kappa shape index (κ2) is 16.4. The third-order valence-electron chi connectivity index (χ3n) is 11.4. The van der Waals surface area contributed by atoms with Crippen molar-refractivity contribution >= 4 is 45.9 Å². The summed E-state index contributed by atoms with van der Waals surface area (Å²) in [4.78, 5) is 65.1. The highest BCUT2D eigenvalue weighted by Gasteiger charge is 2.37. The molecule has 1 unspecified atom stereocenters. The van der Waals surface area contributed by atoms with Gasteiger partial charge in [0, 0.05) is 91.7 Å². The number of amides is 3. The van der Waals surface area contributed by atoms with Crippen molar-refractivity contribution in [1.29, 1.82) is 0 Å². The lowest BCUT2D eigenvalue weighted by Crippen LogP contribution is -2.58. The van der Waals surface area contributed by atoms with Crippen LogP contribution < -0.4 is 10.7 Å². The van der Waals surface area contributed by atoms with Gasteiger partial charge in [0.05, 0.1) is 46.6 Å². The van der Waals surface area contributed by atoms with E-state index in [0.717, 1.165) is 56.2 Å². The number of pyridine rings is 1. The minimum atomic E-state index is -0.692. The van der Waals surface area contributed by atoms with Gasteiger partial charge in [-0.2, -0.15) is 0 Å². The number of hydrogen-bond donors (Lipinski definition) is 2. The molecule has 2 fully saturated rings. The van der Waals surface area contributed by atoms with Crippen LogP contribution in [-0.4, -0.2) is 94.1 Å². The SMILES string of the molecule is CCN1CC(C(=O)NC[C@H]2Cc3nc(cs3)-c3ccc4c(c3)c(c(-c3cccnc3[C@H](C)OC)n4CC)CC(C)(C)COC(=O)[C@@H]3CCCN(N3)C2=O)CC1=O.